The summed E-state index contributed by atoms with van der Waals surface area (Å²) in [6.45, 7) is 9.13. The van der Waals surface area contributed by atoms with E-state index < -0.39 is 35.4 Å². The first-order valence-electron chi connectivity index (χ1n) is 9.65. The number of likely N-dealkylation sites (N-methyl/N-ethyl adjacent to an activating group) is 1. The molecule has 1 atom stereocenters. The number of carbonyl (C=O) groups is 1. The molecule has 7 nitrogen and oxygen atoms in total. The van der Waals surface area contributed by atoms with Crippen LogP contribution in [0.4, 0.5) is 17.6 Å². The van der Waals surface area contributed by atoms with E-state index in [1.165, 1.54) is 22.1 Å². The minimum absolute atomic E-state index is 0.117. The Morgan fingerprint density at radius 1 is 1.34 bits per heavy atom. The second kappa shape index (κ2) is 10.7. The summed E-state index contributed by atoms with van der Waals surface area (Å²) in [6.07, 6.45) is 3.80. The molecule has 0 aromatic carbocycles. The Hall–Kier alpha value is -3.50. The van der Waals surface area contributed by atoms with Crippen molar-refractivity contribution in [2.75, 3.05) is 13.2 Å². The number of hydrogen-bond acceptors (Lipinski definition) is 5. The highest BCUT2D eigenvalue weighted by molar-refractivity contribution is 6.05. The van der Waals surface area contributed by atoms with Crippen molar-refractivity contribution < 1.29 is 27.1 Å². The minimum Gasteiger partial charge on any atom is -0.473 e. The highest BCUT2D eigenvalue weighted by Gasteiger charge is 2.32. The van der Waals surface area contributed by atoms with Gasteiger partial charge in [0.25, 0.3) is 5.91 Å². The maximum absolute atomic E-state index is 14.0. The Bertz CT molecular complexity index is 1000. The Morgan fingerprint density at radius 2 is 2.00 bits per heavy atom. The van der Waals surface area contributed by atoms with Crippen molar-refractivity contribution in [1.29, 1.82) is 0 Å². The Morgan fingerprint density at radius 3 is 2.53 bits per heavy atom. The second-order valence-electron chi connectivity index (χ2n) is 6.63. The molecular weight excluding hydrogens is 430 g/mol. The molecule has 0 spiro atoms. The zero-order valence-corrected chi connectivity index (χ0v) is 17.8. The lowest BCUT2D eigenvalue weighted by atomic mass is 10.1. The van der Waals surface area contributed by atoms with E-state index in [2.05, 4.69) is 21.8 Å². The van der Waals surface area contributed by atoms with Gasteiger partial charge in [-0.2, -0.15) is 28.2 Å². The fraction of sp³-hybridized carbons (Fsp3) is 0.333. The highest BCUT2D eigenvalue weighted by Crippen LogP contribution is 2.30. The molecule has 0 saturated carbocycles. The topological polar surface area (TPSA) is 73.1 Å². The van der Waals surface area contributed by atoms with Gasteiger partial charge in [0.05, 0.1) is 35.3 Å². The Balaban J connectivity index is 2.14. The molecule has 2 aromatic rings. The van der Waals surface area contributed by atoms with Gasteiger partial charge in [0, 0.05) is 12.7 Å². The second-order valence-corrected chi connectivity index (χ2v) is 6.63. The number of hydrogen-bond donors (Lipinski definition) is 0. The molecular formula is C21H23F4N5O2. The number of halogens is 4. The van der Waals surface area contributed by atoms with E-state index in [-0.39, 0.29) is 18.7 Å². The van der Waals surface area contributed by atoms with Crippen LogP contribution >= 0.6 is 0 Å². The van der Waals surface area contributed by atoms with Crippen LogP contribution in [0.2, 0.25) is 0 Å². The molecule has 0 unspecified atom stereocenters. The van der Waals surface area contributed by atoms with Crippen molar-refractivity contribution in [3.63, 3.8) is 0 Å². The largest absolute Gasteiger partial charge is 0.473 e. The number of nitrogens with zero attached hydrogens (tertiary/aromatic N) is 5. The first-order valence-corrected chi connectivity index (χ1v) is 9.65. The van der Waals surface area contributed by atoms with Crippen LogP contribution < -0.4 is 4.74 Å². The molecule has 2 heterocycles. The van der Waals surface area contributed by atoms with Crippen LogP contribution in [0.3, 0.4) is 0 Å². The van der Waals surface area contributed by atoms with Gasteiger partial charge in [-0.15, -0.1) is 0 Å². The molecule has 0 fully saturated rings. The van der Waals surface area contributed by atoms with Crippen molar-refractivity contribution in [1.82, 2.24) is 24.9 Å². The lowest BCUT2D eigenvalue weighted by molar-refractivity contribution is -0.138. The molecule has 0 aliphatic rings. The van der Waals surface area contributed by atoms with E-state index in [9.17, 15) is 22.4 Å². The maximum Gasteiger partial charge on any atom is 0.417 e. The van der Waals surface area contributed by atoms with Crippen molar-refractivity contribution in [3.8, 4) is 5.88 Å². The predicted octanol–water partition coefficient (Wildman–Crippen LogP) is 4.12. The fourth-order valence-electron chi connectivity index (χ4n) is 2.73. The van der Waals surface area contributed by atoms with E-state index >= 15 is 0 Å². The molecule has 0 saturated heterocycles. The van der Waals surface area contributed by atoms with E-state index in [0.29, 0.717) is 18.0 Å². The van der Waals surface area contributed by atoms with E-state index in [0.717, 1.165) is 0 Å². The number of rotatable bonds is 9. The minimum atomic E-state index is -4.72. The van der Waals surface area contributed by atoms with Gasteiger partial charge in [-0.25, -0.2) is 9.37 Å². The van der Waals surface area contributed by atoms with Crippen molar-refractivity contribution in [3.05, 3.63) is 66.4 Å². The molecule has 0 aliphatic heterocycles. The molecule has 1 amide bonds. The predicted molar refractivity (Wildman–Crippen MR) is 110 cm³/mol. The average Bonchev–Trinajstić information content (AvgIpc) is 3.27. The first kappa shape index (κ1) is 24.8. The SMILES string of the molecule is C=C(C(=O)N(CC)[C@@H](C)COc1ncc(C(F)(F)F)cc1F)/C(=C\C=C/C)n1nccn1. The van der Waals surface area contributed by atoms with Crippen LogP contribution in [0.5, 0.6) is 5.88 Å². The quantitative estimate of drug-likeness (QED) is 0.325. The Labute approximate surface area is 182 Å². The monoisotopic (exact) mass is 453 g/mol. The molecule has 32 heavy (non-hydrogen) atoms. The third kappa shape index (κ3) is 6.02. The number of ether oxygens (including phenoxy) is 1. The maximum atomic E-state index is 14.0. The van der Waals surface area contributed by atoms with Crippen molar-refractivity contribution >= 4 is 11.6 Å². The average molecular weight is 453 g/mol. The molecule has 2 rings (SSSR count). The molecule has 11 heteroatoms. The number of pyridine rings is 1. The van der Waals surface area contributed by atoms with Crippen LogP contribution in [0.25, 0.3) is 5.70 Å². The van der Waals surface area contributed by atoms with Gasteiger partial charge in [0.15, 0.2) is 5.82 Å². The first-order chi connectivity index (χ1) is 15.1. The summed E-state index contributed by atoms with van der Waals surface area (Å²) < 4.78 is 57.2. The number of allylic oxidation sites excluding steroid dienone is 3. The fourth-order valence-corrected chi connectivity index (χ4v) is 2.73. The van der Waals surface area contributed by atoms with Gasteiger partial charge < -0.3 is 9.64 Å². The molecule has 0 aliphatic carbocycles. The molecule has 0 bridgehead atoms. The van der Waals surface area contributed by atoms with Crippen LogP contribution in [0.1, 0.15) is 26.3 Å². The van der Waals surface area contributed by atoms with Gasteiger partial charge in [-0.1, -0.05) is 18.7 Å². The van der Waals surface area contributed by atoms with Crippen LogP contribution in [0, 0.1) is 5.82 Å². The number of alkyl halides is 3. The lowest BCUT2D eigenvalue weighted by Gasteiger charge is -2.29. The normalized spacial score (nSPS) is 13.3. The summed E-state index contributed by atoms with van der Waals surface area (Å²) in [5, 5.41) is 8.06. The lowest BCUT2D eigenvalue weighted by Crippen LogP contribution is -2.42. The smallest absolute Gasteiger partial charge is 0.417 e. The molecule has 2 aromatic heterocycles. The van der Waals surface area contributed by atoms with Gasteiger partial charge in [-0.05, 0) is 32.9 Å². The van der Waals surface area contributed by atoms with Crippen molar-refractivity contribution in [2.24, 2.45) is 0 Å². The summed E-state index contributed by atoms with van der Waals surface area (Å²) in [6, 6.07) is -0.256. The van der Waals surface area contributed by atoms with E-state index in [1.54, 1.807) is 39.0 Å². The zero-order valence-electron chi connectivity index (χ0n) is 17.8. The molecule has 0 N–H and O–H groups in total. The summed E-state index contributed by atoms with van der Waals surface area (Å²) in [5.74, 6) is -2.26. The number of carbonyl (C=O) groups excluding carboxylic acids is 1. The Kier molecular flexibility index (Phi) is 8.27. The highest BCUT2D eigenvalue weighted by atomic mass is 19.4. The van der Waals surface area contributed by atoms with Gasteiger partial charge in [0.2, 0.25) is 5.88 Å². The van der Waals surface area contributed by atoms with Crippen molar-refractivity contribution in [2.45, 2.75) is 33.0 Å². The molecule has 172 valence electrons. The van der Waals surface area contributed by atoms with Crippen LogP contribution in [0.15, 0.2) is 55.0 Å². The zero-order chi connectivity index (χ0) is 23.9. The molecule has 0 radical (unpaired) electrons. The van der Waals surface area contributed by atoms with Crippen LogP contribution in [-0.2, 0) is 11.0 Å². The number of amides is 1. The van der Waals surface area contributed by atoms with Gasteiger partial charge in [-0.3, -0.25) is 4.79 Å². The third-order valence-corrected chi connectivity index (χ3v) is 4.38. The van der Waals surface area contributed by atoms with Gasteiger partial charge in [0.1, 0.15) is 6.61 Å². The third-order valence-electron chi connectivity index (χ3n) is 4.38. The summed E-state index contributed by atoms with van der Waals surface area (Å²) in [4.78, 5) is 19.2. The van der Waals surface area contributed by atoms with Crippen LogP contribution in [-0.4, -0.2) is 50.0 Å². The summed E-state index contributed by atoms with van der Waals surface area (Å²) >= 11 is 0. The van der Waals surface area contributed by atoms with E-state index in [4.69, 9.17) is 4.74 Å². The van der Waals surface area contributed by atoms with E-state index in [1.807, 2.05) is 0 Å². The standard InChI is InChI=1S/C21H23F4N5O2/c1-5-7-8-18(30-27-9-10-28-30)15(4)20(31)29(6-2)14(3)13-32-19-17(22)11-16(12-26-19)21(23,24)25/h5,7-12,14H,4,6,13H2,1-3H3/b7-5-,18-8+/t14-/m0/s1. The summed E-state index contributed by atoms with van der Waals surface area (Å²) in [5.41, 5.74) is -0.739. The van der Waals surface area contributed by atoms with Gasteiger partial charge >= 0.3 is 6.18 Å². The number of aromatic nitrogens is 4. The summed E-state index contributed by atoms with van der Waals surface area (Å²) in [7, 11) is 0.